The second kappa shape index (κ2) is 8.20. The minimum Gasteiger partial charge on any atom is -0.396 e. The lowest BCUT2D eigenvalue weighted by atomic mass is 10.2. The van der Waals surface area contributed by atoms with E-state index >= 15 is 0 Å². The predicted molar refractivity (Wildman–Crippen MR) is 112 cm³/mol. The van der Waals surface area contributed by atoms with Crippen molar-refractivity contribution in [3.63, 3.8) is 0 Å². The molecule has 0 spiro atoms. The van der Waals surface area contributed by atoms with Gasteiger partial charge < -0.3 is 16.4 Å². The Hall–Kier alpha value is -3.70. The maximum absolute atomic E-state index is 11.1. The van der Waals surface area contributed by atoms with Gasteiger partial charge in [0.2, 0.25) is 0 Å². The summed E-state index contributed by atoms with van der Waals surface area (Å²) < 4.78 is 62.7. The van der Waals surface area contributed by atoms with E-state index < -0.39 is 20.2 Å². The van der Waals surface area contributed by atoms with Crippen LogP contribution in [0.3, 0.4) is 0 Å². The molecule has 2 aromatic carbocycles. The van der Waals surface area contributed by atoms with Gasteiger partial charge in [-0.3, -0.25) is 9.11 Å². The molecule has 31 heavy (non-hydrogen) atoms. The molecule has 0 aliphatic carbocycles. The maximum Gasteiger partial charge on any atom is 0.294 e. The number of benzene rings is 2. The predicted octanol–water partition coefficient (Wildman–Crippen LogP) is 2.52. The van der Waals surface area contributed by atoms with Gasteiger partial charge in [-0.05, 0) is 54.6 Å². The highest BCUT2D eigenvalue weighted by Gasteiger charge is 2.13. The van der Waals surface area contributed by atoms with Crippen LogP contribution >= 0.6 is 0 Å². The highest BCUT2D eigenvalue weighted by molar-refractivity contribution is 7.86. The molecule has 1 heterocycles. The summed E-state index contributed by atoms with van der Waals surface area (Å²) in [4.78, 5) is 3.70. The van der Waals surface area contributed by atoms with E-state index in [1.807, 2.05) is 6.07 Å². The van der Waals surface area contributed by atoms with Crippen molar-refractivity contribution in [2.45, 2.75) is 9.79 Å². The average molecular weight is 461 g/mol. The molecule has 0 unspecified atom stereocenters. The summed E-state index contributed by atoms with van der Waals surface area (Å²) in [6, 6.07) is 13.6. The van der Waals surface area contributed by atoms with Crippen LogP contribution in [-0.2, 0) is 20.2 Å². The molecule has 0 saturated heterocycles. The fourth-order valence-corrected chi connectivity index (χ4v) is 3.46. The number of nitrogens with one attached hydrogen (secondary N) is 2. The van der Waals surface area contributed by atoms with Gasteiger partial charge in [-0.15, -0.1) is 0 Å². The number of pyridine rings is 1. The van der Waals surface area contributed by atoms with Crippen LogP contribution in [0.1, 0.15) is 5.56 Å². The van der Waals surface area contributed by atoms with Crippen molar-refractivity contribution in [3.05, 3.63) is 60.2 Å². The van der Waals surface area contributed by atoms with Crippen LogP contribution < -0.4 is 16.4 Å². The van der Waals surface area contributed by atoms with E-state index in [1.54, 1.807) is 0 Å². The van der Waals surface area contributed by atoms with Crippen molar-refractivity contribution in [1.29, 1.82) is 5.26 Å². The first-order valence-electron chi connectivity index (χ1n) is 8.37. The van der Waals surface area contributed by atoms with Gasteiger partial charge in [-0.2, -0.15) is 22.1 Å². The number of nitrogens with zero attached hydrogens (tertiary/aromatic N) is 2. The van der Waals surface area contributed by atoms with E-state index in [0.29, 0.717) is 11.4 Å². The average Bonchev–Trinajstić information content (AvgIpc) is 2.69. The largest absolute Gasteiger partial charge is 0.396 e. The fourth-order valence-electron chi connectivity index (χ4n) is 2.50. The molecule has 3 aromatic rings. The summed E-state index contributed by atoms with van der Waals surface area (Å²) in [5.41, 5.74) is 7.01. The third-order valence-electron chi connectivity index (χ3n) is 4.00. The second-order valence-corrected chi connectivity index (χ2v) is 9.03. The molecule has 0 amide bonds. The molecule has 0 aliphatic heterocycles. The third kappa shape index (κ3) is 5.27. The van der Waals surface area contributed by atoms with E-state index in [1.165, 1.54) is 54.6 Å². The van der Waals surface area contributed by atoms with E-state index in [9.17, 15) is 22.1 Å². The Bertz CT molecular complexity index is 1380. The lowest BCUT2D eigenvalue weighted by Gasteiger charge is -2.13. The Kier molecular flexibility index (Phi) is 5.82. The number of hydrogen-bond acceptors (Lipinski definition) is 9. The molecular formula is C18H15N5O6S2. The van der Waals surface area contributed by atoms with Crippen LogP contribution in [0.15, 0.2) is 64.4 Å². The van der Waals surface area contributed by atoms with Gasteiger partial charge in [0, 0.05) is 11.4 Å². The van der Waals surface area contributed by atoms with E-state index in [0.717, 1.165) is 0 Å². The lowest BCUT2D eigenvalue weighted by Crippen LogP contribution is -2.05. The van der Waals surface area contributed by atoms with Crippen LogP contribution in [0.25, 0.3) is 0 Å². The third-order valence-corrected chi connectivity index (χ3v) is 5.74. The van der Waals surface area contributed by atoms with Crippen LogP contribution in [0.4, 0.5) is 28.7 Å². The Morgan fingerprint density at radius 3 is 1.61 bits per heavy atom. The summed E-state index contributed by atoms with van der Waals surface area (Å²) in [5, 5.41) is 15.1. The molecule has 0 fully saturated rings. The summed E-state index contributed by atoms with van der Waals surface area (Å²) in [5.74, 6) is 0.282. The standard InChI is InChI=1S/C18H15N5O6S2/c19-10-11-9-16(20)18(22-13-3-7-15(8-4-13)31(27,28)29)23-17(11)21-12-1-5-14(6-2-12)30(24,25)26/h1-9H,20H2,(H2,21,22,23)(H,24,25,26)(H,27,28,29). The Morgan fingerprint density at radius 1 is 0.806 bits per heavy atom. The molecule has 6 N–H and O–H groups in total. The Balaban J connectivity index is 1.90. The second-order valence-electron chi connectivity index (χ2n) is 6.18. The van der Waals surface area contributed by atoms with Crippen molar-refractivity contribution < 1.29 is 25.9 Å². The molecule has 160 valence electrons. The molecular weight excluding hydrogens is 446 g/mol. The number of anilines is 5. The van der Waals surface area contributed by atoms with Crippen molar-refractivity contribution in [2.24, 2.45) is 0 Å². The van der Waals surface area contributed by atoms with Crippen molar-refractivity contribution in [2.75, 3.05) is 16.4 Å². The zero-order chi connectivity index (χ0) is 22.8. The molecule has 3 rings (SSSR count). The van der Waals surface area contributed by atoms with Gasteiger partial charge in [0.05, 0.1) is 21.0 Å². The molecule has 0 radical (unpaired) electrons. The van der Waals surface area contributed by atoms with Crippen LogP contribution in [0.2, 0.25) is 0 Å². The van der Waals surface area contributed by atoms with Crippen molar-refractivity contribution in [1.82, 2.24) is 4.98 Å². The number of rotatable bonds is 6. The van der Waals surface area contributed by atoms with Gasteiger partial charge in [0.1, 0.15) is 6.07 Å². The first-order chi connectivity index (χ1) is 14.5. The maximum atomic E-state index is 11.1. The van der Waals surface area contributed by atoms with E-state index in [4.69, 9.17) is 14.8 Å². The molecule has 11 nitrogen and oxygen atoms in total. The van der Waals surface area contributed by atoms with Crippen LogP contribution in [-0.4, -0.2) is 30.9 Å². The highest BCUT2D eigenvalue weighted by atomic mass is 32.2. The minimum atomic E-state index is -4.34. The monoisotopic (exact) mass is 461 g/mol. The quantitative estimate of drug-likeness (QED) is 0.338. The van der Waals surface area contributed by atoms with Crippen molar-refractivity contribution >= 4 is 48.9 Å². The fraction of sp³-hybridized carbons (Fsp3) is 0. The van der Waals surface area contributed by atoms with E-state index in [-0.39, 0.29) is 32.7 Å². The summed E-state index contributed by atoms with van der Waals surface area (Å²) in [6.45, 7) is 0. The number of nitrogen functional groups attached to an aromatic ring is 1. The Morgan fingerprint density at radius 2 is 1.23 bits per heavy atom. The van der Waals surface area contributed by atoms with Gasteiger partial charge in [-0.25, -0.2) is 4.98 Å². The molecule has 0 saturated carbocycles. The first kappa shape index (κ1) is 22.0. The first-order valence-corrected chi connectivity index (χ1v) is 11.2. The van der Waals surface area contributed by atoms with Crippen LogP contribution in [0.5, 0.6) is 0 Å². The SMILES string of the molecule is N#Cc1cc(N)c(Nc2ccc(S(=O)(=O)O)cc2)nc1Nc1ccc(S(=O)(=O)O)cc1. The minimum absolute atomic E-state index is 0.114. The molecule has 1 aromatic heterocycles. The zero-order valence-electron chi connectivity index (χ0n) is 15.5. The molecule has 0 bridgehead atoms. The van der Waals surface area contributed by atoms with E-state index in [2.05, 4.69) is 15.6 Å². The van der Waals surface area contributed by atoms with Crippen LogP contribution in [0, 0.1) is 11.3 Å². The summed E-state index contributed by atoms with van der Waals surface area (Å²) in [7, 11) is -8.67. The molecule has 0 atom stereocenters. The summed E-state index contributed by atoms with van der Waals surface area (Å²) in [6.07, 6.45) is 0. The van der Waals surface area contributed by atoms with Gasteiger partial charge >= 0.3 is 0 Å². The molecule has 0 aliphatic rings. The zero-order valence-corrected chi connectivity index (χ0v) is 17.1. The van der Waals surface area contributed by atoms with Gasteiger partial charge in [0.15, 0.2) is 11.6 Å². The lowest BCUT2D eigenvalue weighted by molar-refractivity contribution is 0.481. The van der Waals surface area contributed by atoms with Crippen molar-refractivity contribution in [3.8, 4) is 6.07 Å². The summed E-state index contributed by atoms with van der Waals surface area (Å²) >= 11 is 0. The van der Waals surface area contributed by atoms with Gasteiger partial charge in [0.25, 0.3) is 20.2 Å². The normalized spacial score (nSPS) is 11.5. The Labute approximate surface area is 177 Å². The topological polar surface area (TPSA) is 195 Å². The van der Waals surface area contributed by atoms with Gasteiger partial charge in [-0.1, -0.05) is 0 Å². The smallest absolute Gasteiger partial charge is 0.294 e. The number of nitrogens with two attached hydrogens (primary N) is 1. The highest BCUT2D eigenvalue weighted by Crippen LogP contribution is 2.28. The molecule has 13 heteroatoms. The number of nitriles is 1. The number of hydrogen-bond donors (Lipinski definition) is 5. The number of aromatic nitrogens is 1.